The number of halogens is 1. The molecule has 0 fully saturated rings. The van der Waals surface area contributed by atoms with Crippen LogP contribution in [0.5, 0.6) is 0 Å². The quantitative estimate of drug-likeness (QED) is 0.564. The van der Waals surface area contributed by atoms with E-state index in [0.717, 1.165) is 0 Å². The van der Waals surface area contributed by atoms with Crippen molar-refractivity contribution in [2.75, 3.05) is 0 Å². The predicted molar refractivity (Wildman–Crippen MR) is 49.2 cm³/mol. The van der Waals surface area contributed by atoms with E-state index in [2.05, 4.69) is 0 Å². The summed E-state index contributed by atoms with van der Waals surface area (Å²) in [5.74, 6) is 0. The molecule has 54 valence electrons. The third-order valence-electron chi connectivity index (χ3n) is 0.870. The maximum atomic E-state index is 2.04. The first kappa shape index (κ1) is 9.47. The summed E-state index contributed by atoms with van der Waals surface area (Å²) in [5, 5.41) is 4.08. The molecular formula is C8H9ClS. The van der Waals surface area contributed by atoms with Gasteiger partial charge in [-0.2, -0.15) is 11.3 Å². The Kier molecular flexibility index (Phi) is 6.24. The summed E-state index contributed by atoms with van der Waals surface area (Å²) in [6, 6.07) is 12.1. The van der Waals surface area contributed by atoms with E-state index >= 15 is 0 Å². The van der Waals surface area contributed by atoms with Crippen molar-refractivity contribution < 1.29 is 0 Å². The predicted octanol–water partition coefficient (Wildman–Crippen LogP) is 3.29. The van der Waals surface area contributed by atoms with Gasteiger partial charge in [0.2, 0.25) is 0 Å². The van der Waals surface area contributed by atoms with Crippen LogP contribution >= 0.6 is 23.7 Å². The third-order valence-corrected chi connectivity index (χ3v) is 1.50. The highest BCUT2D eigenvalue weighted by Gasteiger charge is 1.58. The summed E-state index contributed by atoms with van der Waals surface area (Å²) < 4.78 is 0. The van der Waals surface area contributed by atoms with E-state index < -0.39 is 0 Å². The minimum atomic E-state index is 0. The third kappa shape index (κ3) is 4.36. The average Bonchev–Trinajstić information content (AvgIpc) is 2.00. The lowest BCUT2D eigenvalue weighted by molar-refractivity contribution is 1.82. The molecule has 0 amide bonds. The molecule has 1 heterocycles. The van der Waals surface area contributed by atoms with Crippen LogP contribution in [0.15, 0.2) is 47.2 Å². The molecule has 0 aromatic carbocycles. The molecule has 0 unspecified atom stereocenters. The molecule has 1 rings (SSSR count). The van der Waals surface area contributed by atoms with Gasteiger partial charge in [0.05, 0.1) is 0 Å². The summed E-state index contributed by atoms with van der Waals surface area (Å²) in [4.78, 5) is 0. The van der Waals surface area contributed by atoms with Crippen LogP contribution in [0, 0.1) is 0 Å². The molecule has 0 saturated heterocycles. The Bertz CT molecular complexity index is 131. The SMILES string of the molecule is Cl.c1ccccsccc1. The van der Waals surface area contributed by atoms with Crippen LogP contribution in [-0.4, -0.2) is 0 Å². The highest BCUT2D eigenvalue weighted by molar-refractivity contribution is 7.07. The van der Waals surface area contributed by atoms with Gasteiger partial charge in [-0.3, -0.25) is 0 Å². The van der Waals surface area contributed by atoms with Crippen LogP contribution < -0.4 is 0 Å². The van der Waals surface area contributed by atoms with Gasteiger partial charge in [0.25, 0.3) is 0 Å². The van der Waals surface area contributed by atoms with Crippen molar-refractivity contribution in [2.45, 2.75) is 0 Å². The van der Waals surface area contributed by atoms with Crippen molar-refractivity contribution in [3.05, 3.63) is 47.2 Å². The van der Waals surface area contributed by atoms with E-state index in [0.29, 0.717) is 0 Å². The van der Waals surface area contributed by atoms with Gasteiger partial charge in [0.1, 0.15) is 0 Å². The van der Waals surface area contributed by atoms with Gasteiger partial charge >= 0.3 is 0 Å². The maximum Gasteiger partial charge on any atom is -0.00937 e. The zero-order valence-electron chi connectivity index (χ0n) is 5.44. The fraction of sp³-hybridized carbons (Fsp3) is 0. The Morgan fingerprint density at radius 1 is 0.600 bits per heavy atom. The Morgan fingerprint density at radius 3 is 1.50 bits per heavy atom. The van der Waals surface area contributed by atoms with Gasteiger partial charge in [-0.05, 0) is 10.8 Å². The van der Waals surface area contributed by atoms with Crippen LogP contribution in [0.25, 0.3) is 0 Å². The molecule has 1 aromatic heterocycles. The fourth-order valence-electron chi connectivity index (χ4n) is 0.483. The molecule has 0 saturated carbocycles. The first-order chi connectivity index (χ1) is 4.50. The van der Waals surface area contributed by atoms with E-state index in [9.17, 15) is 0 Å². The van der Waals surface area contributed by atoms with Gasteiger partial charge < -0.3 is 0 Å². The summed E-state index contributed by atoms with van der Waals surface area (Å²) in [6.07, 6.45) is 0. The van der Waals surface area contributed by atoms with Crippen molar-refractivity contribution in [3.63, 3.8) is 0 Å². The van der Waals surface area contributed by atoms with Crippen molar-refractivity contribution in [3.8, 4) is 0 Å². The van der Waals surface area contributed by atoms with Crippen LogP contribution in [0.4, 0.5) is 0 Å². The highest BCUT2D eigenvalue weighted by Crippen LogP contribution is 1.88. The Hall–Kier alpha value is -0.530. The van der Waals surface area contributed by atoms with Gasteiger partial charge in [-0.25, -0.2) is 0 Å². The minimum absolute atomic E-state index is 0. The molecular weight excluding hydrogens is 164 g/mol. The summed E-state index contributed by atoms with van der Waals surface area (Å²) in [7, 11) is 0. The second-order valence-corrected chi connectivity index (χ2v) is 2.38. The fourth-order valence-corrected chi connectivity index (χ4v) is 0.937. The van der Waals surface area contributed by atoms with Gasteiger partial charge in [-0.15, -0.1) is 12.4 Å². The minimum Gasteiger partial charge on any atom is -0.152 e. The first-order valence-electron chi connectivity index (χ1n) is 2.80. The summed E-state index contributed by atoms with van der Waals surface area (Å²) >= 11 is 1.68. The maximum absolute atomic E-state index is 2.04. The highest BCUT2D eigenvalue weighted by atomic mass is 35.5. The van der Waals surface area contributed by atoms with Crippen LogP contribution in [0.3, 0.4) is 0 Å². The van der Waals surface area contributed by atoms with E-state index in [1.165, 1.54) is 0 Å². The molecule has 10 heavy (non-hydrogen) atoms. The Balaban J connectivity index is 0.000000810. The smallest absolute Gasteiger partial charge is 0.00937 e. The largest absolute Gasteiger partial charge is 0.152 e. The molecule has 0 aliphatic heterocycles. The van der Waals surface area contributed by atoms with Crippen molar-refractivity contribution in [1.29, 1.82) is 0 Å². The number of hydrogen-bond donors (Lipinski definition) is 0. The lowest BCUT2D eigenvalue weighted by Gasteiger charge is -1.59. The second kappa shape index (κ2) is 6.59. The first-order valence-corrected chi connectivity index (χ1v) is 3.75. The molecule has 1 aromatic rings. The lowest BCUT2D eigenvalue weighted by Crippen LogP contribution is -1.38. The molecule has 0 aliphatic rings. The van der Waals surface area contributed by atoms with Crippen LogP contribution in [0.2, 0.25) is 0 Å². The molecule has 0 spiro atoms. The standard InChI is InChI=1S/C8H8S.ClH/c1-2-4-6-8-9-7-5-3-1;/h1-8H;1H. The molecule has 0 radical (unpaired) electrons. The van der Waals surface area contributed by atoms with E-state index in [-0.39, 0.29) is 12.4 Å². The van der Waals surface area contributed by atoms with Crippen LogP contribution in [-0.2, 0) is 0 Å². The van der Waals surface area contributed by atoms with E-state index in [4.69, 9.17) is 0 Å². The lowest BCUT2D eigenvalue weighted by atomic mass is 10.5. The van der Waals surface area contributed by atoms with Gasteiger partial charge in [0.15, 0.2) is 0 Å². The van der Waals surface area contributed by atoms with Gasteiger partial charge in [0, 0.05) is 0 Å². The summed E-state index contributed by atoms with van der Waals surface area (Å²) in [5.41, 5.74) is 0. The topological polar surface area (TPSA) is 0 Å². The van der Waals surface area contributed by atoms with Crippen LogP contribution in [0.1, 0.15) is 0 Å². The second-order valence-electron chi connectivity index (χ2n) is 1.56. The monoisotopic (exact) mass is 172 g/mol. The average molecular weight is 173 g/mol. The van der Waals surface area contributed by atoms with E-state index in [1.807, 2.05) is 47.2 Å². The Labute approximate surface area is 71.3 Å². The molecule has 0 nitrogen and oxygen atoms in total. The van der Waals surface area contributed by atoms with E-state index in [1.54, 1.807) is 11.3 Å². The molecule has 0 N–H and O–H groups in total. The normalized spacial score (nSPS) is 7.20. The molecule has 0 bridgehead atoms. The van der Waals surface area contributed by atoms with Crippen molar-refractivity contribution >= 4 is 23.7 Å². The van der Waals surface area contributed by atoms with Crippen molar-refractivity contribution in [1.82, 2.24) is 0 Å². The van der Waals surface area contributed by atoms with Gasteiger partial charge in [-0.1, -0.05) is 36.4 Å². The zero-order chi connectivity index (χ0) is 6.36. The Morgan fingerprint density at radius 2 is 1.00 bits per heavy atom. The number of hydrogen-bond acceptors (Lipinski definition) is 1. The summed E-state index contributed by atoms with van der Waals surface area (Å²) in [6.45, 7) is 0. The van der Waals surface area contributed by atoms with Crippen molar-refractivity contribution in [2.24, 2.45) is 0 Å². The zero-order valence-corrected chi connectivity index (χ0v) is 7.07. The number of rotatable bonds is 0. The molecule has 2 heteroatoms. The molecule has 0 aliphatic carbocycles. The molecule has 0 atom stereocenters.